The summed E-state index contributed by atoms with van der Waals surface area (Å²) in [5.74, 6) is -0.173. The Kier molecular flexibility index (Phi) is 9.31. The van der Waals surface area contributed by atoms with Gasteiger partial charge >= 0.3 is 0 Å². The van der Waals surface area contributed by atoms with Crippen molar-refractivity contribution in [2.75, 3.05) is 53.4 Å². The maximum atomic E-state index is 13.0. The molecule has 0 saturated carbocycles. The molecule has 0 N–H and O–H groups in total. The van der Waals surface area contributed by atoms with Gasteiger partial charge < -0.3 is 14.4 Å². The smallest absolute Gasteiger partial charge is 0.209 e. The van der Waals surface area contributed by atoms with Crippen LogP contribution in [0, 0.1) is 12.7 Å². The predicted molar refractivity (Wildman–Crippen MR) is 152 cm³/mol. The molecule has 196 valence electrons. The average molecular weight is 503 g/mol. The third kappa shape index (κ3) is 7.18. The fraction of sp³-hybridized carbons (Fsp3) is 0.387. The van der Waals surface area contributed by atoms with Gasteiger partial charge in [-0.2, -0.15) is 0 Å². The van der Waals surface area contributed by atoms with Crippen LogP contribution in [0.3, 0.4) is 0 Å². The summed E-state index contributed by atoms with van der Waals surface area (Å²) in [5.41, 5.74) is 5.08. The van der Waals surface area contributed by atoms with Gasteiger partial charge in [-0.3, -0.25) is 9.69 Å². The second-order valence-corrected chi connectivity index (χ2v) is 10.2. The van der Waals surface area contributed by atoms with Gasteiger partial charge in [0, 0.05) is 61.1 Å². The van der Waals surface area contributed by atoms with Crippen molar-refractivity contribution in [3.63, 3.8) is 0 Å². The maximum Gasteiger partial charge on any atom is 0.209 e. The van der Waals surface area contributed by atoms with E-state index in [1.54, 1.807) is 17.0 Å². The lowest BCUT2D eigenvalue weighted by Crippen LogP contribution is -2.46. The number of para-hydroxylation sites is 1. The van der Waals surface area contributed by atoms with Gasteiger partial charge in [0.1, 0.15) is 5.82 Å². The summed E-state index contributed by atoms with van der Waals surface area (Å²) in [5, 5.41) is 2.74. The zero-order valence-corrected chi connectivity index (χ0v) is 22.4. The van der Waals surface area contributed by atoms with Crippen molar-refractivity contribution in [2.24, 2.45) is 0 Å². The van der Waals surface area contributed by atoms with Crippen molar-refractivity contribution >= 4 is 28.2 Å². The normalized spacial score (nSPS) is 14.2. The van der Waals surface area contributed by atoms with E-state index >= 15 is 0 Å². The van der Waals surface area contributed by atoms with Crippen LogP contribution in [0.2, 0.25) is 0 Å². The lowest BCUT2D eigenvalue weighted by atomic mass is 10.1. The third-order valence-corrected chi connectivity index (χ3v) is 7.08. The number of carbonyl (C=O) groups is 1. The molecule has 1 aromatic heterocycles. The van der Waals surface area contributed by atoms with E-state index in [2.05, 4.69) is 77.9 Å². The van der Waals surface area contributed by atoms with Crippen molar-refractivity contribution in [1.82, 2.24) is 19.3 Å². The summed E-state index contributed by atoms with van der Waals surface area (Å²) >= 11 is 0. The molecule has 0 radical (unpaired) electrons. The Morgan fingerprint density at radius 2 is 1.62 bits per heavy atom. The van der Waals surface area contributed by atoms with E-state index < -0.39 is 0 Å². The Morgan fingerprint density at radius 1 is 0.865 bits per heavy atom. The zero-order chi connectivity index (χ0) is 26.2. The minimum Gasteiger partial charge on any atom is -0.343 e. The number of benzene rings is 3. The van der Waals surface area contributed by atoms with Crippen LogP contribution in [-0.2, 0) is 17.8 Å². The molecule has 6 heteroatoms. The van der Waals surface area contributed by atoms with Gasteiger partial charge in [-0.1, -0.05) is 42.5 Å². The Hall–Kier alpha value is -3.22. The molecule has 3 aromatic carbocycles. The molecule has 2 heterocycles. The number of amides is 1. The number of carbonyl (C=O) groups excluding carboxylic acids is 1. The van der Waals surface area contributed by atoms with E-state index in [1.165, 1.54) is 39.9 Å². The standard InChI is InChI=1S/C18H22N2.C13H17FN2O/c1-14-9-10-16-15-7-4-5-8-17(15)20(18(16)13-14)12-6-11-19(2)3;14-13-3-1-2-12(10-13)4-5-15-6-8-16(11-17)9-7-15/h4-5,7-10,13H,6,11-12H2,1-3H3;1-3,10-11H,4-9H2. The second kappa shape index (κ2) is 12.8. The average Bonchev–Trinajstić information content (AvgIpc) is 3.21. The van der Waals surface area contributed by atoms with Gasteiger partial charge in [0.2, 0.25) is 6.41 Å². The summed E-state index contributed by atoms with van der Waals surface area (Å²) in [4.78, 5) is 16.9. The van der Waals surface area contributed by atoms with Crippen LogP contribution < -0.4 is 0 Å². The Labute approximate surface area is 220 Å². The van der Waals surface area contributed by atoms with E-state index in [9.17, 15) is 9.18 Å². The molecular formula is C31H39FN4O. The number of rotatable bonds is 8. The van der Waals surface area contributed by atoms with Crippen LogP contribution >= 0.6 is 0 Å². The van der Waals surface area contributed by atoms with E-state index in [4.69, 9.17) is 0 Å². The molecule has 37 heavy (non-hydrogen) atoms. The van der Waals surface area contributed by atoms with Crippen LogP contribution in [0.25, 0.3) is 21.8 Å². The Morgan fingerprint density at radius 3 is 2.35 bits per heavy atom. The third-order valence-electron chi connectivity index (χ3n) is 7.08. The minimum atomic E-state index is -0.173. The summed E-state index contributed by atoms with van der Waals surface area (Å²) in [7, 11) is 4.27. The van der Waals surface area contributed by atoms with Gasteiger partial charge in [-0.25, -0.2) is 4.39 Å². The van der Waals surface area contributed by atoms with Crippen LogP contribution in [0.15, 0.2) is 66.7 Å². The molecular weight excluding hydrogens is 463 g/mol. The highest BCUT2D eigenvalue weighted by Gasteiger charge is 2.14. The first-order valence-corrected chi connectivity index (χ1v) is 13.2. The van der Waals surface area contributed by atoms with E-state index in [-0.39, 0.29) is 5.82 Å². The van der Waals surface area contributed by atoms with Gasteiger partial charge in [-0.05, 0) is 75.8 Å². The lowest BCUT2D eigenvalue weighted by molar-refractivity contribution is -0.119. The molecule has 0 bridgehead atoms. The number of nitrogens with zero attached hydrogens (tertiary/aromatic N) is 4. The summed E-state index contributed by atoms with van der Waals surface area (Å²) in [6.45, 7) is 8.71. The molecule has 1 saturated heterocycles. The van der Waals surface area contributed by atoms with Crippen LogP contribution in [-0.4, -0.2) is 79.0 Å². The molecule has 0 spiro atoms. The first-order valence-electron chi connectivity index (χ1n) is 13.2. The number of hydrogen-bond donors (Lipinski definition) is 0. The highest BCUT2D eigenvalue weighted by molar-refractivity contribution is 6.08. The summed E-state index contributed by atoms with van der Waals surface area (Å²) < 4.78 is 15.4. The maximum absolute atomic E-state index is 13.0. The summed E-state index contributed by atoms with van der Waals surface area (Å²) in [6.07, 6.45) is 2.94. The van der Waals surface area contributed by atoms with Gasteiger partial charge in [0.05, 0.1) is 0 Å². The molecule has 0 atom stereocenters. The highest BCUT2D eigenvalue weighted by Crippen LogP contribution is 2.29. The predicted octanol–water partition coefficient (Wildman–Crippen LogP) is 5.20. The Balaban J connectivity index is 0.000000176. The van der Waals surface area contributed by atoms with Crippen molar-refractivity contribution in [1.29, 1.82) is 0 Å². The van der Waals surface area contributed by atoms with Crippen molar-refractivity contribution < 1.29 is 9.18 Å². The van der Waals surface area contributed by atoms with Crippen molar-refractivity contribution in [2.45, 2.75) is 26.3 Å². The minimum absolute atomic E-state index is 0.173. The molecule has 1 fully saturated rings. The number of aromatic nitrogens is 1. The Bertz CT molecular complexity index is 1310. The van der Waals surface area contributed by atoms with E-state index in [0.717, 1.165) is 64.2 Å². The number of hydrogen-bond acceptors (Lipinski definition) is 3. The van der Waals surface area contributed by atoms with Crippen molar-refractivity contribution in [3.05, 3.63) is 83.7 Å². The first kappa shape index (κ1) is 26.8. The molecule has 5 rings (SSSR count). The van der Waals surface area contributed by atoms with Crippen LogP contribution in [0.4, 0.5) is 4.39 Å². The fourth-order valence-corrected chi connectivity index (χ4v) is 5.02. The van der Waals surface area contributed by atoms with Crippen molar-refractivity contribution in [3.8, 4) is 0 Å². The van der Waals surface area contributed by atoms with Gasteiger partial charge in [-0.15, -0.1) is 0 Å². The number of halogens is 1. The molecule has 4 aromatic rings. The molecule has 1 amide bonds. The molecule has 5 nitrogen and oxygen atoms in total. The van der Waals surface area contributed by atoms with Crippen LogP contribution in [0.1, 0.15) is 17.5 Å². The van der Waals surface area contributed by atoms with Gasteiger partial charge in [0.25, 0.3) is 0 Å². The first-order chi connectivity index (χ1) is 17.9. The number of fused-ring (bicyclic) bond motifs is 3. The second-order valence-electron chi connectivity index (χ2n) is 10.2. The molecule has 1 aliphatic heterocycles. The van der Waals surface area contributed by atoms with E-state index in [0.29, 0.717) is 0 Å². The monoisotopic (exact) mass is 502 g/mol. The zero-order valence-electron chi connectivity index (χ0n) is 22.4. The largest absolute Gasteiger partial charge is 0.343 e. The SMILES string of the molecule is Cc1ccc2c3ccccc3n(CCCN(C)C)c2c1.O=CN1CCN(CCc2cccc(F)c2)CC1. The molecule has 0 aliphatic carbocycles. The fourth-order valence-electron chi connectivity index (χ4n) is 5.02. The number of aryl methyl sites for hydroxylation is 2. The van der Waals surface area contributed by atoms with Crippen LogP contribution in [0.5, 0.6) is 0 Å². The molecule has 0 unspecified atom stereocenters. The molecule has 1 aliphatic rings. The number of piperazine rings is 1. The van der Waals surface area contributed by atoms with E-state index in [1.807, 2.05) is 6.07 Å². The quantitative estimate of drug-likeness (QED) is 0.311. The topological polar surface area (TPSA) is 31.7 Å². The lowest BCUT2D eigenvalue weighted by Gasteiger charge is -2.32. The van der Waals surface area contributed by atoms with Gasteiger partial charge in [0.15, 0.2) is 0 Å². The summed E-state index contributed by atoms with van der Waals surface area (Å²) in [6, 6.07) is 22.3. The highest BCUT2D eigenvalue weighted by atomic mass is 19.1.